The van der Waals surface area contributed by atoms with Gasteiger partial charge in [0.15, 0.2) is 5.65 Å². The van der Waals surface area contributed by atoms with Gasteiger partial charge in [0.1, 0.15) is 0 Å². The number of carboxylic acid groups (broad SMARTS) is 1. The van der Waals surface area contributed by atoms with E-state index in [1.54, 1.807) is 16.9 Å². The fourth-order valence-corrected chi connectivity index (χ4v) is 3.24. The average molecular weight is 432 g/mol. The maximum atomic E-state index is 9.00. The van der Waals surface area contributed by atoms with Gasteiger partial charge in [0.2, 0.25) is 0 Å². The topological polar surface area (TPSA) is 85.3 Å². The average Bonchev–Trinajstić information content (AvgIpc) is 3.21. The second kappa shape index (κ2) is 8.63. The molecule has 0 fully saturated rings. The van der Waals surface area contributed by atoms with Gasteiger partial charge in [-0.05, 0) is 42.8 Å². The van der Waals surface area contributed by atoms with Gasteiger partial charge in [0.05, 0.1) is 23.3 Å². The Balaban J connectivity index is 0.000000552. The lowest BCUT2D eigenvalue weighted by Crippen LogP contribution is -2.01. The molecule has 0 bridgehead atoms. The van der Waals surface area contributed by atoms with Gasteiger partial charge in [-0.2, -0.15) is 10.2 Å². The molecule has 4 rings (SSSR count). The summed E-state index contributed by atoms with van der Waals surface area (Å²) in [5.74, 6) is -0.833. The van der Waals surface area contributed by atoms with Crippen molar-refractivity contribution in [1.29, 1.82) is 0 Å². The lowest BCUT2D eigenvalue weighted by Gasteiger charge is -2.07. The first kappa shape index (κ1) is 20.8. The van der Waals surface area contributed by atoms with E-state index in [4.69, 9.17) is 38.2 Å². The molecule has 3 aromatic heterocycles. The molecule has 0 saturated carbocycles. The van der Waals surface area contributed by atoms with Crippen LogP contribution in [0.15, 0.2) is 42.7 Å². The zero-order valence-corrected chi connectivity index (χ0v) is 17.6. The van der Waals surface area contributed by atoms with Crippen LogP contribution in [0.2, 0.25) is 10.0 Å². The van der Waals surface area contributed by atoms with Crippen molar-refractivity contribution in [2.75, 3.05) is 0 Å². The van der Waals surface area contributed by atoms with Crippen molar-refractivity contribution in [3.8, 4) is 11.3 Å². The van der Waals surface area contributed by atoms with Crippen molar-refractivity contribution in [3.63, 3.8) is 0 Å². The quantitative estimate of drug-likeness (QED) is 0.518. The van der Waals surface area contributed by atoms with Crippen molar-refractivity contribution in [2.24, 2.45) is 7.05 Å². The standard InChI is InChI=1S/C18H15Cl2N5.C2H4O2/c1-11-17(8-12-7-14(19)3-4-15(12)20)25-18(22-11)6-5-16(23-25)13-9-21-24(2)10-13;1-2(3)4/h3-7,9-10H,8H2,1-2H3;1H3,(H,3,4). The molecular formula is C20H19Cl2N5O2. The third-order valence-electron chi connectivity index (χ3n) is 4.14. The second-order valence-electron chi connectivity index (χ2n) is 6.47. The molecule has 0 aliphatic rings. The van der Waals surface area contributed by atoms with Crippen LogP contribution in [0.1, 0.15) is 23.9 Å². The predicted octanol–water partition coefficient (Wildman–Crippen LogP) is 4.43. The molecule has 150 valence electrons. The van der Waals surface area contributed by atoms with Crippen molar-refractivity contribution in [2.45, 2.75) is 20.3 Å². The monoisotopic (exact) mass is 431 g/mol. The Morgan fingerprint density at radius 2 is 1.93 bits per heavy atom. The van der Waals surface area contributed by atoms with E-state index in [9.17, 15) is 0 Å². The smallest absolute Gasteiger partial charge is 0.300 e. The van der Waals surface area contributed by atoms with Crippen molar-refractivity contribution >= 4 is 34.8 Å². The van der Waals surface area contributed by atoms with Crippen LogP contribution in [0.25, 0.3) is 16.9 Å². The number of nitrogens with zero attached hydrogens (tertiary/aromatic N) is 5. The number of fused-ring (bicyclic) bond motifs is 1. The van der Waals surface area contributed by atoms with Gasteiger partial charge in [0, 0.05) is 42.2 Å². The summed E-state index contributed by atoms with van der Waals surface area (Å²) in [6, 6.07) is 9.40. The molecule has 9 heteroatoms. The highest BCUT2D eigenvalue weighted by Gasteiger charge is 2.14. The molecule has 29 heavy (non-hydrogen) atoms. The zero-order valence-electron chi connectivity index (χ0n) is 16.1. The number of carboxylic acids is 1. The summed E-state index contributed by atoms with van der Waals surface area (Å²) < 4.78 is 3.63. The minimum atomic E-state index is -0.833. The number of aryl methyl sites for hydroxylation is 2. The Labute approximate surface area is 177 Å². The van der Waals surface area contributed by atoms with E-state index >= 15 is 0 Å². The first-order valence-corrected chi connectivity index (χ1v) is 9.48. The van der Waals surface area contributed by atoms with Crippen LogP contribution in [-0.4, -0.2) is 35.5 Å². The Hall–Kier alpha value is -2.90. The number of benzene rings is 1. The van der Waals surface area contributed by atoms with E-state index in [2.05, 4.69) is 10.1 Å². The van der Waals surface area contributed by atoms with Crippen LogP contribution in [0.3, 0.4) is 0 Å². The van der Waals surface area contributed by atoms with E-state index in [0.29, 0.717) is 16.5 Å². The van der Waals surface area contributed by atoms with Gasteiger partial charge in [-0.1, -0.05) is 23.2 Å². The SMILES string of the molecule is CC(=O)O.Cc1nc2ccc(-c3cnn(C)c3)nn2c1Cc1cc(Cl)ccc1Cl. The van der Waals surface area contributed by atoms with Crippen molar-refractivity contribution in [3.05, 3.63) is 69.7 Å². The number of imidazole rings is 1. The van der Waals surface area contributed by atoms with Crippen LogP contribution >= 0.6 is 23.2 Å². The summed E-state index contributed by atoms with van der Waals surface area (Å²) in [6.45, 7) is 3.06. The molecule has 1 aromatic carbocycles. The number of aliphatic carboxylic acids is 1. The number of aromatic nitrogens is 5. The highest BCUT2D eigenvalue weighted by atomic mass is 35.5. The van der Waals surface area contributed by atoms with E-state index < -0.39 is 5.97 Å². The molecule has 0 saturated heterocycles. The maximum Gasteiger partial charge on any atom is 0.300 e. The van der Waals surface area contributed by atoms with Gasteiger partial charge in [-0.15, -0.1) is 0 Å². The fraction of sp³-hybridized carbons (Fsp3) is 0.200. The van der Waals surface area contributed by atoms with Crippen molar-refractivity contribution in [1.82, 2.24) is 24.4 Å². The van der Waals surface area contributed by atoms with Gasteiger partial charge >= 0.3 is 0 Å². The van der Waals surface area contributed by atoms with Crippen LogP contribution < -0.4 is 0 Å². The summed E-state index contributed by atoms with van der Waals surface area (Å²) in [5, 5.41) is 17.7. The molecule has 0 aliphatic carbocycles. The van der Waals surface area contributed by atoms with Crippen LogP contribution in [0, 0.1) is 6.92 Å². The number of carbonyl (C=O) groups is 1. The minimum absolute atomic E-state index is 0.607. The lowest BCUT2D eigenvalue weighted by atomic mass is 10.1. The highest BCUT2D eigenvalue weighted by molar-refractivity contribution is 6.33. The van der Waals surface area contributed by atoms with Gasteiger partial charge in [0.25, 0.3) is 5.97 Å². The molecule has 0 amide bonds. The molecular weight excluding hydrogens is 413 g/mol. The Kier molecular flexibility index (Phi) is 6.20. The molecule has 0 radical (unpaired) electrons. The molecule has 4 aromatic rings. The lowest BCUT2D eigenvalue weighted by molar-refractivity contribution is -0.134. The summed E-state index contributed by atoms with van der Waals surface area (Å²) in [6.07, 6.45) is 4.34. The third kappa shape index (κ3) is 4.93. The number of rotatable bonds is 3. The number of hydrogen-bond donors (Lipinski definition) is 1. The van der Waals surface area contributed by atoms with Gasteiger partial charge in [-0.25, -0.2) is 9.50 Å². The van der Waals surface area contributed by atoms with Crippen LogP contribution in [0.4, 0.5) is 0 Å². The highest BCUT2D eigenvalue weighted by Crippen LogP contribution is 2.25. The van der Waals surface area contributed by atoms with E-state index in [1.165, 1.54) is 0 Å². The Bertz CT molecular complexity index is 1180. The summed E-state index contributed by atoms with van der Waals surface area (Å²) in [5.41, 5.74) is 5.47. The third-order valence-corrected chi connectivity index (χ3v) is 4.74. The summed E-state index contributed by atoms with van der Waals surface area (Å²) >= 11 is 12.4. The molecule has 1 N–H and O–H groups in total. The molecule has 7 nitrogen and oxygen atoms in total. The van der Waals surface area contributed by atoms with Crippen molar-refractivity contribution < 1.29 is 9.90 Å². The van der Waals surface area contributed by atoms with E-state index in [-0.39, 0.29) is 0 Å². The molecule has 0 aliphatic heterocycles. The number of hydrogen-bond acceptors (Lipinski definition) is 4. The summed E-state index contributed by atoms with van der Waals surface area (Å²) in [4.78, 5) is 13.6. The molecule has 0 atom stereocenters. The second-order valence-corrected chi connectivity index (χ2v) is 7.31. The predicted molar refractivity (Wildman–Crippen MR) is 113 cm³/mol. The fourth-order valence-electron chi connectivity index (χ4n) is 2.86. The van der Waals surface area contributed by atoms with E-state index in [0.717, 1.165) is 40.8 Å². The Morgan fingerprint density at radius 1 is 1.21 bits per heavy atom. The number of halogens is 2. The maximum absolute atomic E-state index is 9.00. The largest absolute Gasteiger partial charge is 0.481 e. The zero-order chi connectivity index (χ0) is 21.1. The van der Waals surface area contributed by atoms with Crippen LogP contribution in [0.5, 0.6) is 0 Å². The molecule has 3 heterocycles. The van der Waals surface area contributed by atoms with Gasteiger partial charge in [-0.3, -0.25) is 9.48 Å². The molecule has 0 spiro atoms. The minimum Gasteiger partial charge on any atom is -0.481 e. The van der Waals surface area contributed by atoms with Gasteiger partial charge < -0.3 is 5.11 Å². The first-order valence-electron chi connectivity index (χ1n) is 8.72. The Morgan fingerprint density at radius 3 is 2.59 bits per heavy atom. The first-order chi connectivity index (χ1) is 13.7. The summed E-state index contributed by atoms with van der Waals surface area (Å²) in [7, 11) is 1.88. The van der Waals surface area contributed by atoms with Crippen LogP contribution in [-0.2, 0) is 18.3 Å². The normalized spacial score (nSPS) is 10.7. The molecule has 0 unspecified atom stereocenters. The van der Waals surface area contributed by atoms with E-state index in [1.807, 2.05) is 48.9 Å².